The number of likely N-dealkylation sites (tertiary alicyclic amines) is 1. The molecule has 2 fully saturated rings. The van der Waals surface area contributed by atoms with Crippen LogP contribution in [0.3, 0.4) is 0 Å². The minimum atomic E-state index is 0.144. The first-order chi connectivity index (χ1) is 6.26. The van der Waals surface area contributed by atoms with Crippen molar-refractivity contribution >= 4 is 5.91 Å². The van der Waals surface area contributed by atoms with Crippen LogP contribution in [0.1, 0.15) is 32.6 Å². The van der Waals surface area contributed by atoms with E-state index in [0.717, 1.165) is 26.1 Å². The van der Waals surface area contributed by atoms with Crippen LogP contribution in [0.2, 0.25) is 0 Å². The summed E-state index contributed by atoms with van der Waals surface area (Å²) >= 11 is 0. The fourth-order valence-electron chi connectivity index (χ4n) is 2.52. The number of carbonyl (C=O) groups is 1. The van der Waals surface area contributed by atoms with Crippen molar-refractivity contribution in [3.8, 4) is 0 Å². The third kappa shape index (κ3) is 1.57. The van der Waals surface area contributed by atoms with Gasteiger partial charge >= 0.3 is 0 Å². The summed E-state index contributed by atoms with van der Waals surface area (Å²) in [6.45, 7) is 4.94. The second-order valence-corrected chi connectivity index (χ2v) is 4.25. The molecule has 74 valence electrons. The van der Waals surface area contributed by atoms with E-state index in [4.69, 9.17) is 0 Å². The van der Waals surface area contributed by atoms with Crippen LogP contribution in [0.5, 0.6) is 0 Å². The Kier molecular flexibility index (Phi) is 2.28. The average Bonchev–Trinajstić information content (AvgIpc) is 2.44. The van der Waals surface area contributed by atoms with E-state index in [9.17, 15) is 4.79 Å². The smallest absolute Gasteiger partial charge is 0.224 e. The molecule has 0 aromatic heterocycles. The fraction of sp³-hybridized carbons (Fsp3) is 0.900. The lowest BCUT2D eigenvalue weighted by molar-refractivity contribution is -0.127. The number of amides is 1. The van der Waals surface area contributed by atoms with Gasteiger partial charge in [-0.2, -0.15) is 0 Å². The van der Waals surface area contributed by atoms with Gasteiger partial charge in [0.05, 0.1) is 0 Å². The van der Waals surface area contributed by atoms with Gasteiger partial charge in [-0.25, -0.2) is 0 Å². The van der Waals surface area contributed by atoms with Crippen molar-refractivity contribution in [3.63, 3.8) is 0 Å². The molecule has 3 nitrogen and oxygen atoms in total. The maximum Gasteiger partial charge on any atom is 0.224 e. The first kappa shape index (κ1) is 9.00. The number of hydrogen-bond donors (Lipinski definition) is 1. The highest BCUT2D eigenvalue weighted by atomic mass is 16.2. The summed E-state index contributed by atoms with van der Waals surface area (Å²) in [7, 11) is 0. The van der Waals surface area contributed by atoms with Crippen LogP contribution in [-0.4, -0.2) is 36.0 Å². The summed E-state index contributed by atoms with van der Waals surface area (Å²) < 4.78 is 0. The molecule has 2 rings (SSSR count). The Labute approximate surface area is 79.5 Å². The third-order valence-corrected chi connectivity index (χ3v) is 3.30. The molecule has 2 heterocycles. The van der Waals surface area contributed by atoms with E-state index < -0.39 is 0 Å². The predicted octanol–water partition coefficient (Wildman–Crippen LogP) is 0.751. The number of hydrogen-bond acceptors (Lipinski definition) is 2. The monoisotopic (exact) mass is 182 g/mol. The predicted molar refractivity (Wildman–Crippen MR) is 51.5 cm³/mol. The first-order valence-corrected chi connectivity index (χ1v) is 5.29. The highest BCUT2D eigenvalue weighted by molar-refractivity contribution is 5.80. The summed E-state index contributed by atoms with van der Waals surface area (Å²) in [5.41, 5.74) is 0.144. The van der Waals surface area contributed by atoms with Gasteiger partial charge in [0.1, 0.15) is 0 Å². The zero-order chi connectivity index (χ0) is 9.31. The Morgan fingerprint density at radius 1 is 1.54 bits per heavy atom. The molecule has 13 heavy (non-hydrogen) atoms. The summed E-state index contributed by atoms with van der Waals surface area (Å²) in [5, 5.41) is 3.53. The maximum absolute atomic E-state index is 11.6. The average molecular weight is 182 g/mol. The van der Waals surface area contributed by atoms with Crippen molar-refractivity contribution in [3.05, 3.63) is 0 Å². The van der Waals surface area contributed by atoms with Crippen LogP contribution in [-0.2, 0) is 4.79 Å². The lowest BCUT2D eigenvalue weighted by Gasteiger charge is -2.33. The van der Waals surface area contributed by atoms with Crippen molar-refractivity contribution in [1.29, 1.82) is 0 Å². The van der Waals surface area contributed by atoms with Crippen LogP contribution in [0.25, 0.3) is 0 Å². The Morgan fingerprint density at radius 3 is 2.92 bits per heavy atom. The Balaban J connectivity index is 2.05. The van der Waals surface area contributed by atoms with Crippen LogP contribution in [0.15, 0.2) is 0 Å². The number of piperidine rings is 1. The molecule has 0 aromatic carbocycles. The molecule has 1 amide bonds. The number of likely N-dealkylation sites (N-methyl/N-ethyl adjacent to an activating group) is 1. The Bertz CT molecular complexity index is 209. The van der Waals surface area contributed by atoms with Crippen LogP contribution < -0.4 is 5.32 Å². The van der Waals surface area contributed by atoms with Crippen LogP contribution in [0.4, 0.5) is 0 Å². The summed E-state index contributed by atoms with van der Waals surface area (Å²) in [5.74, 6) is 0.330. The van der Waals surface area contributed by atoms with E-state index in [-0.39, 0.29) is 5.54 Å². The molecule has 1 unspecified atom stereocenters. The molecule has 1 spiro atoms. The largest absolute Gasteiger partial charge is 0.341 e. The van der Waals surface area contributed by atoms with E-state index in [1.54, 1.807) is 0 Å². The second kappa shape index (κ2) is 3.29. The van der Waals surface area contributed by atoms with Gasteiger partial charge in [-0.3, -0.25) is 4.79 Å². The van der Waals surface area contributed by atoms with Gasteiger partial charge in [0.25, 0.3) is 0 Å². The minimum Gasteiger partial charge on any atom is -0.341 e. The van der Waals surface area contributed by atoms with E-state index in [2.05, 4.69) is 12.2 Å². The van der Waals surface area contributed by atoms with Crippen molar-refractivity contribution in [2.45, 2.75) is 38.1 Å². The first-order valence-electron chi connectivity index (χ1n) is 5.29. The summed E-state index contributed by atoms with van der Waals surface area (Å²) in [6.07, 6.45) is 4.44. The van der Waals surface area contributed by atoms with Gasteiger partial charge in [-0.05, 0) is 26.3 Å². The topological polar surface area (TPSA) is 32.3 Å². The third-order valence-electron chi connectivity index (χ3n) is 3.30. The Hall–Kier alpha value is -0.570. The standard InChI is InChI=1S/C10H18N2O/c1-2-12-8-10(7-9(12)13)5-3-4-6-11-10/h11H,2-8H2,1H3. The number of rotatable bonds is 1. The zero-order valence-corrected chi connectivity index (χ0v) is 8.31. The quantitative estimate of drug-likeness (QED) is 0.649. The van der Waals surface area contributed by atoms with Gasteiger partial charge in [0, 0.05) is 25.0 Å². The molecule has 0 aromatic rings. The van der Waals surface area contributed by atoms with E-state index in [0.29, 0.717) is 5.91 Å². The molecular weight excluding hydrogens is 164 g/mol. The Morgan fingerprint density at radius 2 is 2.38 bits per heavy atom. The molecule has 3 heteroatoms. The highest BCUT2D eigenvalue weighted by Gasteiger charge is 2.42. The highest BCUT2D eigenvalue weighted by Crippen LogP contribution is 2.29. The second-order valence-electron chi connectivity index (χ2n) is 4.25. The van der Waals surface area contributed by atoms with Crippen LogP contribution >= 0.6 is 0 Å². The summed E-state index contributed by atoms with van der Waals surface area (Å²) in [4.78, 5) is 13.5. The fourth-order valence-corrected chi connectivity index (χ4v) is 2.52. The molecule has 2 saturated heterocycles. The lowest BCUT2D eigenvalue weighted by Crippen LogP contribution is -2.50. The van der Waals surface area contributed by atoms with Crippen molar-refractivity contribution in [2.75, 3.05) is 19.6 Å². The number of carbonyl (C=O) groups excluding carboxylic acids is 1. The van der Waals surface area contributed by atoms with E-state index in [1.165, 1.54) is 19.3 Å². The van der Waals surface area contributed by atoms with Crippen molar-refractivity contribution < 1.29 is 4.79 Å². The molecule has 0 aliphatic carbocycles. The molecule has 1 atom stereocenters. The molecule has 0 saturated carbocycles. The molecule has 1 N–H and O–H groups in total. The molecule has 0 radical (unpaired) electrons. The zero-order valence-electron chi connectivity index (χ0n) is 8.31. The molecule has 2 aliphatic heterocycles. The lowest BCUT2D eigenvalue weighted by atomic mass is 9.88. The minimum absolute atomic E-state index is 0.144. The van der Waals surface area contributed by atoms with E-state index >= 15 is 0 Å². The normalized spacial score (nSPS) is 34.5. The van der Waals surface area contributed by atoms with Crippen molar-refractivity contribution in [2.24, 2.45) is 0 Å². The summed E-state index contributed by atoms with van der Waals surface area (Å²) in [6, 6.07) is 0. The van der Waals surface area contributed by atoms with E-state index in [1.807, 2.05) is 4.90 Å². The van der Waals surface area contributed by atoms with Crippen molar-refractivity contribution in [1.82, 2.24) is 10.2 Å². The maximum atomic E-state index is 11.6. The van der Waals surface area contributed by atoms with Crippen LogP contribution in [0, 0.1) is 0 Å². The van der Waals surface area contributed by atoms with Gasteiger partial charge in [-0.15, -0.1) is 0 Å². The number of nitrogens with zero attached hydrogens (tertiary/aromatic N) is 1. The molecular formula is C10H18N2O. The molecule has 2 aliphatic rings. The van der Waals surface area contributed by atoms with Gasteiger partial charge < -0.3 is 10.2 Å². The van der Waals surface area contributed by atoms with Gasteiger partial charge in [0.2, 0.25) is 5.91 Å². The molecule has 0 bridgehead atoms. The SMILES string of the molecule is CCN1CC2(CCCCN2)CC1=O. The number of nitrogens with one attached hydrogen (secondary N) is 1. The van der Waals surface area contributed by atoms with Gasteiger partial charge in [-0.1, -0.05) is 6.42 Å². The van der Waals surface area contributed by atoms with Gasteiger partial charge in [0.15, 0.2) is 0 Å².